The Bertz CT molecular complexity index is 347. The van der Waals surface area contributed by atoms with Crippen molar-refractivity contribution in [3.63, 3.8) is 0 Å². The second-order valence-corrected chi connectivity index (χ2v) is 5.63. The van der Waals surface area contributed by atoms with Gasteiger partial charge in [-0.3, -0.25) is 4.79 Å². The lowest BCUT2D eigenvalue weighted by molar-refractivity contribution is -0.153. The highest BCUT2D eigenvalue weighted by molar-refractivity contribution is 7.11. The first-order valence-electron chi connectivity index (χ1n) is 5.91. The van der Waals surface area contributed by atoms with Crippen LogP contribution in [0.15, 0.2) is 11.7 Å². The van der Waals surface area contributed by atoms with Gasteiger partial charge in [0.25, 0.3) is 0 Å². The maximum atomic E-state index is 11.4. The van der Waals surface area contributed by atoms with Gasteiger partial charge < -0.3 is 14.8 Å². The van der Waals surface area contributed by atoms with E-state index < -0.39 is 5.60 Å². The Hall–Kier alpha value is -1.14. The van der Waals surface area contributed by atoms with Gasteiger partial charge in [-0.1, -0.05) is 11.3 Å². The summed E-state index contributed by atoms with van der Waals surface area (Å²) in [5.74, 6) is -0.231. The predicted molar refractivity (Wildman–Crippen MR) is 70.9 cm³/mol. The van der Waals surface area contributed by atoms with E-state index in [0.717, 1.165) is 18.0 Å². The van der Waals surface area contributed by atoms with Crippen molar-refractivity contribution >= 4 is 17.3 Å². The fourth-order valence-electron chi connectivity index (χ4n) is 1.21. The Morgan fingerprint density at radius 1 is 1.50 bits per heavy atom. The van der Waals surface area contributed by atoms with Crippen LogP contribution in [0.25, 0.3) is 0 Å². The highest BCUT2D eigenvalue weighted by Gasteiger charge is 2.15. The third-order valence-electron chi connectivity index (χ3n) is 1.84. The van der Waals surface area contributed by atoms with Crippen molar-refractivity contribution in [3.8, 4) is 5.06 Å². The summed E-state index contributed by atoms with van der Waals surface area (Å²) in [6.07, 6.45) is 2.53. The number of aromatic nitrogens is 1. The van der Waals surface area contributed by atoms with E-state index in [1.54, 1.807) is 11.7 Å². The number of hydrogen-bond acceptors (Lipinski definition) is 6. The molecule has 0 aliphatic heterocycles. The van der Waals surface area contributed by atoms with Gasteiger partial charge >= 0.3 is 5.97 Å². The van der Waals surface area contributed by atoms with Crippen LogP contribution in [-0.4, -0.2) is 36.3 Å². The SMILES string of the molecule is CC(C)(C)OC(=O)CNCCCOc1cncs1. The van der Waals surface area contributed by atoms with Crippen LogP contribution in [0.5, 0.6) is 5.06 Å². The van der Waals surface area contributed by atoms with E-state index in [9.17, 15) is 4.79 Å². The maximum absolute atomic E-state index is 11.4. The Balaban J connectivity index is 1.97. The molecule has 102 valence electrons. The lowest BCUT2D eigenvalue weighted by Crippen LogP contribution is -2.32. The van der Waals surface area contributed by atoms with Crippen LogP contribution in [0.3, 0.4) is 0 Å². The van der Waals surface area contributed by atoms with E-state index in [2.05, 4.69) is 10.3 Å². The van der Waals surface area contributed by atoms with Gasteiger partial charge in [0, 0.05) is 0 Å². The predicted octanol–water partition coefficient (Wildman–Crippen LogP) is 1.84. The van der Waals surface area contributed by atoms with Crippen LogP contribution in [0.2, 0.25) is 0 Å². The Kier molecular flexibility index (Phi) is 6.07. The average molecular weight is 272 g/mol. The van der Waals surface area contributed by atoms with Crippen molar-refractivity contribution in [2.75, 3.05) is 19.7 Å². The normalized spacial score (nSPS) is 11.3. The third kappa shape index (κ3) is 7.24. The Labute approximate surface area is 112 Å². The molecule has 0 aliphatic rings. The van der Waals surface area contributed by atoms with Crippen molar-refractivity contribution in [2.45, 2.75) is 32.8 Å². The molecule has 0 saturated heterocycles. The van der Waals surface area contributed by atoms with Crippen LogP contribution in [0.1, 0.15) is 27.2 Å². The first kappa shape index (κ1) is 14.9. The molecule has 0 aliphatic carbocycles. The first-order valence-corrected chi connectivity index (χ1v) is 6.79. The molecular formula is C12H20N2O3S. The summed E-state index contributed by atoms with van der Waals surface area (Å²) in [5, 5.41) is 3.84. The van der Waals surface area contributed by atoms with Gasteiger partial charge in [-0.2, -0.15) is 0 Å². The summed E-state index contributed by atoms with van der Waals surface area (Å²) in [4.78, 5) is 15.3. The van der Waals surface area contributed by atoms with Crippen molar-refractivity contribution in [1.82, 2.24) is 10.3 Å². The molecule has 0 saturated carbocycles. The fourth-order valence-corrected chi connectivity index (χ4v) is 1.71. The summed E-state index contributed by atoms with van der Waals surface area (Å²) < 4.78 is 10.6. The zero-order chi connectivity index (χ0) is 13.4. The van der Waals surface area contributed by atoms with E-state index in [-0.39, 0.29) is 12.5 Å². The highest BCUT2D eigenvalue weighted by atomic mass is 32.1. The van der Waals surface area contributed by atoms with Gasteiger partial charge in [0.15, 0.2) is 5.06 Å². The number of carbonyl (C=O) groups is 1. The van der Waals surface area contributed by atoms with E-state index in [1.807, 2.05) is 20.8 Å². The molecule has 5 nitrogen and oxygen atoms in total. The Morgan fingerprint density at radius 3 is 2.89 bits per heavy atom. The molecule has 0 atom stereocenters. The molecule has 6 heteroatoms. The monoisotopic (exact) mass is 272 g/mol. The van der Waals surface area contributed by atoms with Crippen LogP contribution in [-0.2, 0) is 9.53 Å². The number of hydrogen-bond donors (Lipinski definition) is 1. The van der Waals surface area contributed by atoms with Crippen molar-refractivity contribution in [1.29, 1.82) is 0 Å². The van der Waals surface area contributed by atoms with E-state index >= 15 is 0 Å². The molecule has 0 aromatic carbocycles. The highest BCUT2D eigenvalue weighted by Crippen LogP contribution is 2.15. The number of rotatable bonds is 7. The van der Waals surface area contributed by atoms with Gasteiger partial charge in [0.05, 0.1) is 24.9 Å². The van der Waals surface area contributed by atoms with Crippen LogP contribution < -0.4 is 10.1 Å². The smallest absolute Gasteiger partial charge is 0.320 e. The molecule has 1 N–H and O–H groups in total. The second kappa shape index (κ2) is 7.33. The van der Waals surface area contributed by atoms with E-state index in [4.69, 9.17) is 9.47 Å². The van der Waals surface area contributed by atoms with Crippen molar-refractivity contribution in [2.24, 2.45) is 0 Å². The van der Waals surface area contributed by atoms with Gasteiger partial charge in [0.1, 0.15) is 5.60 Å². The summed E-state index contributed by atoms with van der Waals surface area (Å²) >= 11 is 1.47. The molecule has 0 spiro atoms. The van der Waals surface area contributed by atoms with Crippen LogP contribution in [0, 0.1) is 0 Å². The van der Waals surface area contributed by atoms with Crippen LogP contribution >= 0.6 is 11.3 Å². The number of esters is 1. The minimum Gasteiger partial charge on any atom is -0.483 e. The number of nitrogens with zero attached hydrogens (tertiary/aromatic N) is 1. The quantitative estimate of drug-likeness (QED) is 0.606. The lowest BCUT2D eigenvalue weighted by atomic mass is 10.2. The van der Waals surface area contributed by atoms with Gasteiger partial charge in [-0.25, -0.2) is 4.98 Å². The molecule has 18 heavy (non-hydrogen) atoms. The molecule has 0 amide bonds. The minimum atomic E-state index is -0.423. The number of nitrogens with one attached hydrogen (secondary N) is 1. The third-order valence-corrected chi connectivity index (χ3v) is 2.52. The summed E-state index contributed by atoms with van der Waals surface area (Å²) in [6, 6.07) is 0. The molecule has 1 heterocycles. The van der Waals surface area contributed by atoms with Gasteiger partial charge in [0.2, 0.25) is 0 Å². The zero-order valence-corrected chi connectivity index (χ0v) is 11.9. The molecular weight excluding hydrogens is 252 g/mol. The van der Waals surface area contributed by atoms with E-state index in [1.165, 1.54) is 11.3 Å². The molecule has 0 bridgehead atoms. The number of carbonyl (C=O) groups excluding carboxylic acids is 1. The van der Waals surface area contributed by atoms with Crippen LogP contribution in [0.4, 0.5) is 0 Å². The largest absolute Gasteiger partial charge is 0.483 e. The lowest BCUT2D eigenvalue weighted by Gasteiger charge is -2.19. The van der Waals surface area contributed by atoms with Crippen molar-refractivity contribution in [3.05, 3.63) is 11.7 Å². The van der Waals surface area contributed by atoms with Gasteiger partial charge in [-0.15, -0.1) is 0 Å². The fraction of sp³-hybridized carbons (Fsp3) is 0.667. The summed E-state index contributed by atoms with van der Waals surface area (Å²) in [7, 11) is 0. The standard InChI is InChI=1S/C12H20N2O3S/c1-12(2,3)17-10(15)7-13-5-4-6-16-11-8-14-9-18-11/h8-9,13H,4-7H2,1-3H3. The molecule has 0 fully saturated rings. The first-order chi connectivity index (χ1) is 8.47. The van der Waals surface area contributed by atoms with Gasteiger partial charge in [-0.05, 0) is 33.7 Å². The molecule has 0 radical (unpaired) electrons. The number of thiazole rings is 1. The Morgan fingerprint density at radius 2 is 2.28 bits per heavy atom. The summed E-state index contributed by atoms with van der Waals surface area (Å²) in [6.45, 7) is 7.13. The molecule has 1 aromatic rings. The second-order valence-electron chi connectivity index (χ2n) is 4.79. The van der Waals surface area contributed by atoms with Crippen molar-refractivity contribution < 1.29 is 14.3 Å². The molecule has 0 unspecified atom stereocenters. The van der Waals surface area contributed by atoms with E-state index in [0.29, 0.717) is 6.61 Å². The minimum absolute atomic E-state index is 0.231. The topological polar surface area (TPSA) is 60.5 Å². The number of ether oxygens (including phenoxy) is 2. The summed E-state index contributed by atoms with van der Waals surface area (Å²) in [5.41, 5.74) is 1.31. The molecule has 1 rings (SSSR count). The molecule has 1 aromatic heterocycles. The average Bonchev–Trinajstić information content (AvgIpc) is 2.73. The maximum Gasteiger partial charge on any atom is 0.320 e. The zero-order valence-electron chi connectivity index (χ0n) is 11.1.